The molecule has 0 radical (unpaired) electrons. The van der Waals surface area contributed by atoms with Crippen molar-refractivity contribution >= 4 is 51.9 Å². The first kappa shape index (κ1) is 19.9. The zero-order valence-electron chi connectivity index (χ0n) is 15.8. The molecular formula is C22H16Cl2N4O2. The summed E-state index contributed by atoms with van der Waals surface area (Å²) in [6.07, 6.45) is 3.18. The largest absolute Gasteiger partial charge is 0.495 e. The van der Waals surface area contributed by atoms with E-state index >= 15 is 0 Å². The number of aromatic nitrogens is 3. The lowest BCUT2D eigenvalue weighted by Gasteiger charge is -2.04. The molecular weight excluding hydrogens is 423 g/mol. The van der Waals surface area contributed by atoms with E-state index in [1.165, 1.54) is 10.9 Å². The average molecular weight is 439 g/mol. The number of carbonyl (C=O) groups is 1. The first-order valence-electron chi connectivity index (χ1n) is 8.97. The number of methoxy groups -OCH3 is 1. The fourth-order valence-corrected chi connectivity index (χ4v) is 3.20. The third kappa shape index (κ3) is 4.45. The van der Waals surface area contributed by atoms with Crippen LogP contribution in [0.5, 0.6) is 5.75 Å². The molecule has 1 N–H and O–H groups in total. The number of benzene rings is 3. The molecule has 0 aliphatic heterocycles. The second-order valence-electron chi connectivity index (χ2n) is 6.39. The minimum absolute atomic E-state index is 0.251. The highest BCUT2D eigenvalue weighted by molar-refractivity contribution is 6.32. The Bertz CT molecular complexity index is 1250. The predicted octanol–water partition coefficient (Wildman–Crippen LogP) is 5.39. The summed E-state index contributed by atoms with van der Waals surface area (Å²) < 4.78 is 5.17. The van der Waals surface area contributed by atoms with Crippen molar-refractivity contribution < 1.29 is 9.53 Å². The van der Waals surface area contributed by atoms with Gasteiger partial charge in [-0.1, -0.05) is 35.3 Å². The van der Waals surface area contributed by atoms with Crippen LogP contribution in [0.1, 0.15) is 5.56 Å². The SMILES string of the molecule is COc1ccc(-n2nc3ccc(NC(=O)/C=C/c4ccc(Cl)cc4)cc3n2)cc1Cl. The molecule has 8 heteroatoms. The summed E-state index contributed by atoms with van der Waals surface area (Å²) in [7, 11) is 1.56. The van der Waals surface area contributed by atoms with E-state index in [-0.39, 0.29) is 5.91 Å². The summed E-state index contributed by atoms with van der Waals surface area (Å²) in [5.41, 5.74) is 3.53. The summed E-state index contributed by atoms with van der Waals surface area (Å²) in [5.74, 6) is 0.326. The van der Waals surface area contributed by atoms with E-state index in [4.69, 9.17) is 27.9 Å². The normalized spacial score (nSPS) is 11.2. The molecule has 4 rings (SSSR count). The fraction of sp³-hybridized carbons (Fsp3) is 0.0455. The summed E-state index contributed by atoms with van der Waals surface area (Å²) >= 11 is 12.1. The van der Waals surface area contributed by atoms with Crippen LogP contribution in [-0.2, 0) is 4.79 Å². The van der Waals surface area contributed by atoms with E-state index in [1.807, 2.05) is 18.2 Å². The summed E-state index contributed by atoms with van der Waals surface area (Å²) in [4.78, 5) is 13.7. The molecule has 0 atom stereocenters. The zero-order chi connectivity index (χ0) is 21.1. The first-order valence-corrected chi connectivity index (χ1v) is 9.73. The highest BCUT2D eigenvalue weighted by Gasteiger charge is 2.09. The van der Waals surface area contributed by atoms with Gasteiger partial charge in [-0.15, -0.1) is 10.2 Å². The number of halogens is 2. The maximum absolute atomic E-state index is 12.2. The Kier molecular flexibility index (Phi) is 5.70. The Morgan fingerprint density at radius 1 is 1.00 bits per heavy atom. The number of rotatable bonds is 5. The van der Waals surface area contributed by atoms with Crippen LogP contribution in [0, 0.1) is 0 Å². The van der Waals surface area contributed by atoms with Gasteiger partial charge in [0.05, 0.1) is 17.8 Å². The number of anilines is 1. The van der Waals surface area contributed by atoms with Crippen LogP contribution in [-0.4, -0.2) is 28.0 Å². The third-order valence-corrected chi connectivity index (χ3v) is 4.86. The molecule has 1 aromatic heterocycles. The van der Waals surface area contributed by atoms with Crippen LogP contribution in [0.25, 0.3) is 22.8 Å². The van der Waals surface area contributed by atoms with Crippen LogP contribution < -0.4 is 10.1 Å². The number of amides is 1. The van der Waals surface area contributed by atoms with Crippen molar-refractivity contribution in [2.75, 3.05) is 12.4 Å². The molecule has 1 heterocycles. The standard InChI is InChI=1S/C22H16Cl2N4O2/c1-30-21-10-8-17(13-18(21)24)28-26-19-9-7-16(12-20(19)27-28)25-22(29)11-4-14-2-5-15(23)6-3-14/h2-13H,1H3,(H,25,29)/b11-4+. The highest BCUT2D eigenvalue weighted by atomic mass is 35.5. The van der Waals surface area contributed by atoms with E-state index in [2.05, 4.69) is 15.5 Å². The number of carbonyl (C=O) groups excluding carboxylic acids is 1. The summed E-state index contributed by atoms with van der Waals surface area (Å²) in [5, 5.41) is 12.9. The fourth-order valence-electron chi connectivity index (χ4n) is 2.82. The molecule has 150 valence electrons. The van der Waals surface area contributed by atoms with Crippen molar-refractivity contribution in [3.05, 3.63) is 82.3 Å². The molecule has 1 amide bonds. The molecule has 0 aliphatic carbocycles. The van der Waals surface area contributed by atoms with E-state index in [0.29, 0.717) is 38.2 Å². The molecule has 3 aromatic carbocycles. The van der Waals surface area contributed by atoms with Gasteiger partial charge in [-0.05, 0) is 60.2 Å². The van der Waals surface area contributed by atoms with E-state index in [1.54, 1.807) is 55.7 Å². The lowest BCUT2D eigenvalue weighted by molar-refractivity contribution is -0.111. The van der Waals surface area contributed by atoms with Gasteiger partial charge in [-0.2, -0.15) is 4.80 Å². The molecule has 4 aromatic rings. The van der Waals surface area contributed by atoms with Gasteiger partial charge in [0.2, 0.25) is 5.91 Å². The quantitative estimate of drug-likeness (QED) is 0.424. The highest BCUT2D eigenvalue weighted by Crippen LogP contribution is 2.26. The minimum Gasteiger partial charge on any atom is -0.495 e. The van der Waals surface area contributed by atoms with Gasteiger partial charge in [0.15, 0.2) is 0 Å². The number of nitrogens with one attached hydrogen (secondary N) is 1. The van der Waals surface area contributed by atoms with Crippen molar-refractivity contribution in [1.82, 2.24) is 15.0 Å². The average Bonchev–Trinajstić information content (AvgIpc) is 3.17. The molecule has 0 fully saturated rings. The van der Waals surface area contributed by atoms with Crippen LogP contribution >= 0.6 is 23.2 Å². The Balaban J connectivity index is 1.51. The van der Waals surface area contributed by atoms with Crippen LogP contribution in [0.3, 0.4) is 0 Å². The molecule has 30 heavy (non-hydrogen) atoms. The second kappa shape index (κ2) is 8.57. The molecule has 6 nitrogen and oxygen atoms in total. The summed E-state index contributed by atoms with van der Waals surface area (Å²) in [6.45, 7) is 0. The van der Waals surface area contributed by atoms with Crippen molar-refractivity contribution in [3.63, 3.8) is 0 Å². The summed E-state index contributed by atoms with van der Waals surface area (Å²) in [6, 6.07) is 17.8. The smallest absolute Gasteiger partial charge is 0.248 e. The maximum Gasteiger partial charge on any atom is 0.248 e. The Morgan fingerprint density at radius 3 is 2.50 bits per heavy atom. The van der Waals surface area contributed by atoms with Crippen molar-refractivity contribution in [3.8, 4) is 11.4 Å². The van der Waals surface area contributed by atoms with Gasteiger partial charge in [-0.25, -0.2) is 0 Å². The van der Waals surface area contributed by atoms with Crippen LogP contribution in [0.15, 0.2) is 66.7 Å². The maximum atomic E-state index is 12.2. The monoisotopic (exact) mass is 438 g/mol. The van der Waals surface area contributed by atoms with Crippen molar-refractivity contribution in [1.29, 1.82) is 0 Å². The Labute approximate surface area is 182 Å². The van der Waals surface area contributed by atoms with Crippen LogP contribution in [0.4, 0.5) is 5.69 Å². The zero-order valence-corrected chi connectivity index (χ0v) is 17.4. The van der Waals surface area contributed by atoms with Gasteiger partial charge >= 0.3 is 0 Å². The Morgan fingerprint density at radius 2 is 1.77 bits per heavy atom. The third-order valence-electron chi connectivity index (χ3n) is 4.31. The minimum atomic E-state index is -0.251. The topological polar surface area (TPSA) is 69.0 Å². The van der Waals surface area contributed by atoms with Crippen molar-refractivity contribution in [2.45, 2.75) is 0 Å². The van der Waals surface area contributed by atoms with Gasteiger partial charge in [-0.3, -0.25) is 4.79 Å². The molecule has 0 spiro atoms. The van der Waals surface area contributed by atoms with Crippen molar-refractivity contribution in [2.24, 2.45) is 0 Å². The van der Waals surface area contributed by atoms with Gasteiger partial charge in [0, 0.05) is 16.8 Å². The molecule has 0 saturated carbocycles. The van der Waals surface area contributed by atoms with Crippen LogP contribution in [0.2, 0.25) is 10.0 Å². The van der Waals surface area contributed by atoms with E-state index in [9.17, 15) is 4.79 Å². The number of ether oxygens (including phenoxy) is 1. The number of hydrogen-bond donors (Lipinski definition) is 1. The van der Waals surface area contributed by atoms with Gasteiger partial charge in [0.25, 0.3) is 0 Å². The van der Waals surface area contributed by atoms with E-state index in [0.717, 1.165) is 5.56 Å². The molecule has 0 bridgehead atoms. The van der Waals surface area contributed by atoms with Gasteiger partial charge in [0.1, 0.15) is 16.8 Å². The molecule has 0 aliphatic rings. The molecule has 0 unspecified atom stereocenters. The number of fused-ring (bicyclic) bond motifs is 1. The lowest BCUT2D eigenvalue weighted by Crippen LogP contribution is -2.07. The molecule has 0 saturated heterocycles. The second-order valence-corrected chi connectivity index (χ2v) is 7.23. The first-order chi connectivity index (χ1) is 14.5. The predicted molar refractivity (Wildman–Crippen MR) is 120 cm³/mol. The lowest BCUT2D eigenvalue weighted by atomic mass is 10.2. The number of hydrogen-bond acceptors (Lipinski definition) is 4. The Hall–Kier alpha value is -3.35. The number of nitrogens with zero attached hydrogens (tertiary/aromatic N) is 3. The van der Waals surface area contributed by atoms with E-state index < -0.39 is 0 Å². The van der Waals surface area contributed by atoms with Gasteiger partial charge < -0.3 is 10.1 Å².